The minimum absolute atomic E-state index is 0.104. The van der Waals surface area contributed by atoms with Crippen LogP contribution in [0.3, 0.4) is 0 Å². The average Bonchev–Trinajstić information content (AvgIpc) is 1.97. The molecule has 0 aliphatic rings. The van der Waals surface area contributed by atoms with Crippen molar-refractivity contribution in [1.29, 1.82) is 0 Å². The fourth-order valence-electron chi connectivity index (χ4n) is 0.780. The highest BCUT2D eigenvalue weighted by molar-refractivity contribution is 9.10. The fraction of sp³-hybridized carbons (Fsp3) is 0.143. The molecule has 0 heterocycles. The average molecular weight is 220 g/mol. The van der Waals surface area contributed by atoms with Gasteiger partial charge in [-0.25, -0.2) is 9.87 Å². The third-order valence-electron chi connectivity index (χ3n) is 1.32. The van der Waals surface area contributed by atoms with Gasteiger partial charge in [0.2, 0.25) is 0 Å². The second kappa shape index (κ2) is 3.80. The predicted octanol–water partition coefficient (Wildman–Crippen LogP) is 2.07. The summed E-state index contributed by atoms with van der Waals surface area (Å²) in [6.07, 6.45) is 0. The topological polar surface area (TPSA) is 32.3 Å². The van der Waals surface area contributed by atoms with Crippen molar-refractivity contribution in [3.05, 3.63) is 34.1 Å². The molecule has 1 rings (SSSR count). The van der Waals surface area contributed by atoms with Crippen molar-refractivity contribution >= 4 is 15.9 Å². The molecule has 2 N–H and O–H groups in total. The van der Waals surface area contributed by atoms with Gasteiger partial charge in [-0.15, -0.1) is 0 Å². The smallest absolute Gasteiger partial charge is 0.128 e. The van der Waals surface area contributed by atoms with Gasteiger partial charge in [-0.2, -0.15) is 0 Å². The van der Waals surface area contributed by atoms with Crippen LogP contribution in [0, 0.1) is 5.82 Å². The van der Waals surface area contributed by atoms with Gasteiger partial charge in [-0.1, -0.05) is 22.0 Å². The van der Waals surface area contributed by atoms with Crippen molar-refractivity contribution < 1.29 is 9.60 Å². The lowest BCUT2D eigenvalue weighted by Gasteiger charge is -2.02. The number of halogens is 2. The monoisotopic (exact) mass is 219 g/mol. The molecule has 0 spiro atoms. The lowest BCUT2D eigenvalue weighted by molar-refractivity contribution is 0.159. The van der Waals surface area contributed by atoms with E-state index in [0.717, 1.165) is 0 Å². The van der Waals surface area contributed by atoms with Crippen LogP contribution in [0.1, 0.15) is 5.56 Å². The van der Waals surface area contributed by atoms with Crippen molar-refractivity contribution in [3.8, 4) is 0 Å². The number of hydrogen-bond donors (Lipinski definition) is 2. The molecule has 0 fully saturated rings. The van der Waals surface area contributed by atoms with E-state index >= 15 is 0 Å². The van der Waals surface area contributed by atoms with Gasteiger partial charge in [-0.3, -0.25) is 0 Å². The van der Waals surface area contributed by atoms with Gasteiger partial charge in [0.1, 0.15) is 5.82 Å². The van der Waals surface area contributed by atoms with Gasteiger partial charge in [-0.05, 0) is 12.1 Å². The minimum Gasteiger partial charge on any atom is -0.316 e. The number of hydroxylamine groups is 1. The number of benzene rings is 1. The maximum atomic E-state index is 12.9. The summed E-state index contributed by atoms with van der Waals surface area (Å²) in [5.74, 6) is -0.332. The second-order valence-electron chi connectivity index (χ2n) is 2.04. The van der Waals surface area contributed by atoms with Crippen LogP contribution in [0.5, 0.6) is 0 Å². The molecule has 0 saturated heterocycles. The summed E-state index contributed by atoms with van der Waals surface area (Å²) in [6, 6.07) is 4.66. The van der Waals surface area contributed by atoms with E-state index in [0.29, 0.717) is 10.0 Å². The van der Waals surface area contributed by atoms with Crippen molar-refractivity contribution in [1.82, 2.24) is 5.48 Å². The Labute approximate surface area is 72.1 Å². The molecule has 0 atom stereocenters. The highest BCUT2D eigenvalue weighted by atomic mass is 79.9. The summed E-state index contributed by atoms with van der Waals surface area (Å²) >= 11 is 3.16. The van der Waals surface area contributed by atoms with E-state index in [-0.39, 0.29) is 12.4 Å². The Morgan fingerprint density at radius 1 is 1.55 bits per heavy atom. The summed E-state index contributed by atoms with van der Waals surface area (Å²) < 4.78 is 13.5. The predicted molar refractivity (Wildman–Crippen MR) is 42.7 cm³/mol. The van der Waals surface area contributed by atoms with Crippen LogP contribution >= 0.6 is 15.9 Å². The molecule has 4 heteroatoms. The molecule has 0 amide bonds. The van der Waals surface area contributed by atoms with Crippen molar-refractivity contribution in [3.63, 3.8) is 0 Å². The zero-order valence-corrected chi connectivity index (χ0v) is 7.23. The van der Waals surface area contributed by atoms with Crippen molar-refractivity contribution in [2.75, 3.05) is 0 Å². The molecule has 0 saturated carbocycles. The van der Waals surface area contributed by atoms with E-state index in [1.54, 1.807) is 12.1 Å². The highest BCUT2D eigenvalue weighted by Crippen LogP contribution is 2.18. The van der Waals surface area contributed by atoms with Crippen LogP contribution in [0.15, 0.2) is 22.7 Å². The highest BCUT2D eigenvalue weighted by Gasteiger charge is 2.03. The first kappa shape index (κ1) is 8.64. The molecule has 11 heavy (non-hydrogen) atoms. The van der Waals surface area contributed by atoms with Crippen LogP contribution < -0.4 is 5.48 Å². The first-order valence-corrected chi connectivity index (χ1v) is 3.85. The second-order valence-corrected chi connectivity index (χ2v) is 2.89. The normalized spacial score (nSPS) is 10.1. The van der Waals surface area contributed by atoms with Crippen LogP contribution in [0.25, 0.3) is 0 Å². The SMILES string of the molecule is ONCc1c(F)cccc1Br. The van der Waals surface area contributed by atoms with Crippen LogP contribution in [-0.4, -0.2) is 5.21 Å². The molecule has 0 aliphatic carbocycles. The number of rotatable bonds is 2. The number of hydrogen-bond acceptors (Lipinski definition) is 2. The molecule has 0 aliphatic heterocycles. The van der Waals surface area contributed by atoms with Crippen LogP contribution in [-0.2, 0) is 6.54 Å². The van der Waals surface area contributed by atoms with E-state index in [1.165, 1.54) is 6.07 Å². The quantitative estimate of drug-likeness (QED) is 0.747. The molecular weight excluding hydrogens is 213 g/mol. The standard InChI is InChI=1S/C7H7BrFNO/c8-6-2-1-3-7(9)5(6)4-10-11/h1-3,10-11H,4H2. The van der Waals surface area contributed by atoms with E-state index in [4.69, 9.17) is 5.21 Å². The maximum absolute atomic E-state index is 12.9. The molecule has 0 unspecified atom stereocenters. The molecule has 60 valence electrons. The molecular formula is C7H7BrFNO. The van der Waals surface area contributed by atoms with E-state index in [9.17, 15) is 4.39 Å². The largest absolute Gasteiger partial charge is 0.316 e. The fourth-order valence-corrected chi connectivity index (χ4v) is 1.26. The first-order valence-electron chi connectivity index (χ1n) is 3.05. The summed E-state index contributed by atoms with van der Waals surface area (Å²) in [7, 11) is 0. The molecule has 2 nitrogen and oxygen atoms in total. The van der Waals surface area contributed by atoms with E-state index in [2.05, 4.69) is 15.9 Å². The Morgan fingerprint density at radius 2 is 2.27 bits per heavy atom. The minimum atomic E-state index is -0.332. The lowest BCUT2D eigenvalue weighted by Crippen LogP contribution is -2.08. The summed E-state index contributed by atoms with van der Waals surface area (Å²) in [6.45, 7) is 0.104. The maximum Gasteiger partial charge on any atom is 0.128 e. The Balaban J connectivity index is 3.00. The van der Waals surface area contributed by atoms with Gasteiger partial charge in [0, 0.05) is 16.6 Å². The third kappa shape index (κ3) is 1.99. The first-order chi connectivity index (χ1) is 5.25. The van der Waals surface area contributed by atoms with Gasteiger partial charge in [0.25, 0.3) is 0 Å². The van der Waals surface area contributed by atoms with Gasteiger partial charge in [0.15, 0.2) is 0 Å². The van der Waals surface area contributed by atoms with Crippen LogP contribution in [0.4, 0.5) is 4.39 Å². The summed E-state index contributed by atoms with van der Waals surface area (Å²) in [4.78, 5) is 0. The zero-order chi connectivity index (χ0) is 8.27. The molecule has 0 aromatic heterocycles. The van der Waals surface area contributed by atoms with Crippen molar-refractivity contribution in [2.45, 2.75) is 6.54 Å². The van der Waals surface area contributed by atoms with Gasteiger partial charge >= 0.3 is 0 Å². The van der Waals surface area contributed by atoms with Gasteiger partial charge in [0.05, 0.1) is 0 Å². The molecule has 1 aromatic rings. The lowest BCUT2D eigenvalue weighted by atomic mass is 10.2. The Hall–Kier alpha value is -0.450. The summed E-state index contributed by atoms with van der Waals surface area (Å²) in [5, 5.41) is 8.33. The number of nitrogens with one attached hydrogen (secondary N) is 1. The van der Waals surface area contributed by atoms with E-state index in [1.807, 2.05) is 5.48 Å². The van der Waals surface area contributed by atoms with Crippen LogP contribution in [0.2, 0.25) is 0 Å². The Morgan fingerprint density at radius 3 is 2.82 bits per heavy atom. The molecule has 1 aromatic carbocycles. The summed E-state index contributed by atoms with van der Waals surface area (Å²) in [5.41, 5.74) is 2.32. The van der Waals surface area contributed by atoms with Gasteiger partial charge < -0.3 is 5.21 Å². The molecule has 0 radical (unpaired) electrons. The Kier molecular flexibility index (Phi) is 2.99. The molecule has 0 bridgehead atoms. The van der Waals surface area contributed by atoms with Crippen molar-refractivity contribution in [2.24, 2.45) is 0 Å². The third-order valence-corrected chi connectivity index (χ3v) is 2.06. The Bertz CT molecular complexity index is 234. The zero-order valence-electron chi connectivity index (χ0n) is 5.64. The van der Waals surface area contributed by atoms with E-state index < -0.39 is 0 Å².